The Balaban J connectivity index is 1.02. The summed E-state index contributed by atoms with van der Waals surface area (Å²) in [7, 11) is 0. The normalized spacial score (nSPS) is 11.7. The molecule has 1 heterocycles. The Kier molecular flexibility index (Phi) is 9.25. The van der Waals surface area contributed by atoms with Crippen molar-refractivity contribution in [1.82, 2.24) is 0 Å². The molecule has 2 heteroatoms. The lowest BCUT2D eigenvalue weighted by atomic mass is 9.84. The largest absolute Gasteiger partial charge is 0.455 e. The van der Waals surface area contributed by atoms with E-state index in [1.54, 1.807) is 0 Å². The van der Waals surface area contributed by atoms with Crippen LogP contribution in [-0.4, -0.2) is 0 Å². The van der Waals surface area contributed by atoms with E-state index in [0.29, 0.717) is 0 Å². The van der Waals surface area contributed by atoms with Gasteiger partial charge in [-0.2, -0.15) is 0 Å². The van der Waals surface area contributed by atoms with Gasteiger partial charge in [0.1, 0.15) is 11.2 Å². The van der Waals surface area contributed by atoms with Gasteiger partial charge in [0.15, 0.2) is 0 Å². The maximum absolute atomic E-state index is 6.77. The van der Waals surface area contributed by atoms with Gasteiger partial charge in [-0.15, -0.1) is 0 Å². The SMILES string of the molecule is c1ccc(-c2c(-c3ccccc3)c3cc(-c4cccc(N(c5ccccc5-c5cccc6oc7c8ccccc8ccc7c56)c5cccc6c5ccc5ccccc56)c4)ccc3c3ccccc23)cc1. The van der Waals surface area contributed by atoms with Crippen LogP contribution in [0.5, 0.6) is 0 Å². The molecule has 0 saturated carbocycles. The molecule has 0 saturated heterocycles. The van der Waals surface area contributed by atoms with Crippen LogP contribution in [0.3, 0.4) is 0 Å². The highest BCUT2D eigenvalue weighted by Gasteiger charge is 2.24. The lowest BCUT2D eigenvalue weighted by molar-refractivity contribution is 0.673. The molecule has 0 bridgehead atoms. The van der Waals surface area contributed by atoms with Gasteiger partial charge in [0.2, 0.25) is 0 Å². The van der Waals surface area contributed by atoms with Crippen molar-refractivity contribution in [2.75, 3.05) is 4.90 Å². The molecular weight excluding hydrogens is 847 g/mol. The average molecular weight is 890 g/mol. The third-order valence-corrected chi connectivity index (χ3v) is 14.4. The highest BCUT2D eigenvalue weighted by atomic mass is 16.3. The third-order valence-electron chi connectivity index (χ3n) is 14.4. The lowest BCUT2D eigenvalue weighted by Gasteiger charge is -2.30. The van der Waals surface area contributed by atoms with Gasteiger partial charge in [-0.25, -0.2) is 0 Å². The van der Waals surface area contributed by atoms with Crippen LogP contribution in [0, 0.1) is 0 Å². The fourth-order valence-electron chi connectivity index (χ4n) is 11.3. The molecule has 0 fully saturated rings. The van der Waals surface area contributed by atoms with E-state index in [9.17, 15) is 0 Å². The van der Waals surface area contributed by atoms with Gasteiger partial charge < -0.3 is 9.32 Å². The highest BCUT2D eigenvalue weighted by molar-refractivity contribution is 6.23. The Bertz CT molecular complexity index is 4360. The Morgan fingerprint density at radius 1 is 0.271 bits per heavy atom. The van der Waals surface area contributed by atoms with E-state index in [1.807, 2.05) is 0 Å². The minimum Gasteiger partial charge on any atom is -0.455 e. The van der Waals surface area contributed by atoms with Gasteiger partial charge in [0.05, 0.1) is 11.4 Å². The summed E-state index contributed by atoms with van der Waals surface area (Å²) in [5.41, 5.74) is 14.5. The molecule has 0 N–H and O–H groups in total. The molecule has 0 aliphatic rings. The molecule has 14 aromatic rings. The topological polar surface area (TPSA) is 16.4 Å². The summed E-state index contributed by atoms with van der Waals surface area (Å²) in [5, 5.41) is 14.3. The second-order valence-electron chi connectivity index (χ2n) is 18.3. The Morgan fingerprint density at radius 2 is 0.786 bits per heavy atom. The third kappa shape index (κ3) is 6.35. The predicted octanol–water partition coefficient (Wildman–Crippen LogP) is 19.5. The molecule has 70 heavy (non-hydrogen) atoms. The summed E-state index contributed by atoms with van der Waals surface area (Å²) in [6.45, 7) is 0. The number of rotatable bonds is 7. The van der Waals surface area contributed by atoms with Gasteiger partial charge in [0, 0.05) is 32.8 Å². The van der Waals surface area contributed by atoms with E-state index in [2.05, 4.69) is 266 Å². The summed E-state index contributed by atoms with van der Waals surface area (Å²) in [6.07, 6.45) is 0. The first-order valence-electron chi connectivity index (χ1n) is 24.1. The average Bonchev–Trinajstić information content (AvgIpc) is 3.83. The van der Waals surface area contributed by atoms with Crippen molar-refractivity contribution in [3.8, 4) is 44.5 Å². The van der Waals surface area contributed by atoms with Crippen LogP contribution in [0.15, 0.2) is 265 Å². The molecule has 0 radical (unpaired) electrons. The van der Waals surface area contributed by atoms with Crippen LogP contribution in [0.25, 0.3) is 120 Å². The van der Waals surface area contributed by atoms with Gasteiger partial charge in [-0.3, -0.25) is 0 Å². The molecule has 2 nitrogen and oxygen atoms in total. The number of hydrogen-bond acceptors (Lipinski definition) is 2. The maximum atomic E-state index is 6.77. The van der Waals surface area contributed by atoms with Crippen molar-refractivity contribution >= 4 is 92.9 Å². The summed E-state index contributed by atoms with van der Waals surface area (Å²) in [4.78, 5) is 2.48. The Morgan fingerprint density at radius 3 is 1.59 bits per heavy atom. The van der Waals surface area contributed by atoms with Crippen molar-refractivity contribution in [3.63, 3.8) is 0 Å². The molecule has 0 spiro atoms. The summed E-state index contributed by atoms with van der Waals surface area (Å²) >= 11 is 0. The first-order valence-corrected chi connectivity index (χ1v) is 24.1. The molecule has 326 valence electrons. The molecule has 1 aromatic heterocycles. The quantitative estimate of drug-likeness (QED) is 0.148. The molecule has 0 aliphatic heterocycles. The van der Waals surface area contributed by atoms with Crippen LogP contribution in [-0.2, 0) is 0 Å². The molecule has 13 aromatic carbocycles. The standard InChI is InChI=1S/C68H43NO/c1-3-20-46(21-4-1)65-58-30-12-11-28-54(58)55-39-38-49(43-61(55)66(65)47-22-5-2-6-23-47)48-24-15-25-50(42-48)69(63-34-16-31-53-51-26-9-7-18-44(51)36-40-57(53)63)62-33-14-13-29-56(62)59-32-17-35-64-67(59)60-41-37-45-19-8-10-27-52(45)68(60)70-64/h1-43H. The van der Waals surface area contributed by atoms with Crippen LogP contribution in [0.2, 0.25) is 0 Å². The molecule has 14 rings (SSSR count). The zero-order chi connectivity index (χ0) is 46.1. The fourth-order valence-corrected chi connectivity index (χ4v) is 11.3. The van der Waals surface area contributed by atoms with Gasteiger partial charge in [0.25, 0.3) is 0 Å². The van der Waals surface area contributed by atoms with Gasteiger partial charge in [-0.05, 0) is 124 Å². The van der Waals surface area contributed by atoms with Gasteiger partial charge >= 0.3 is 0 Å². The van der Waals surface area contributed by atoms with Crippen molar-refractivity contribution in [3.05, 3.63) is 261 Å². The van der Waals surface area contributed by atoms with E-state index in [0.717, 1.165) is 66.6 Å². The van der Waals surface area contributed by atoms with E-state index in [1.165, 1.54) is 70.7 Å². The molecule has 0 unspecified atom stereocenters. The summed E-state index contributed by atoms with van der Waals surface area (Å²) < 4.78 is 6.77. The maximum Gasteiger partial charge on any atom is 0.143 e. The molecule has 0 aliphatic carbocycles. The van der Waals surface area contributed by atoms with E-state index in [4.69, 9.17) is 4.42 Å². The number of furan rings is 1. The molecule has 0 atom stereocenters. The van der Waals surface area contributed by atoms with Crippen molar-refractivity contribution in [2.24, 2.45) is 0 Å². The van der Waals surface area contributed by atoms with Crippen LogP contribution in [0.4, 0.5) is 17.1 Å². The van der Waals surface area contributed by atoms with Crippen LogP contribution < -0.4 is 4.90 Å². The number of anilines is 3. The minimum atomic E-state index is 0.873. The fraction of sp³-hybridized carbons (Fsp3) is 0. The zero-order valence-corrected chi connectivity index (χ0v) is 38.2. The van der Waals surface area contributed by atoms with Crippen LogP contribution >= 0.6 is 0 Å². The Labute approximate surface area is 405 Å². The first-order chi connectivity index (χ1) is 34.7. The smallest absolute Gasteiger partial charge is 0.143 e. The van der Waals surface area contributed by atoms with E-state index in [-0.39, 0.29) is 0 Å². The van der Waals surface area contributed by atoms with Crippen LogP contribution in [0.1, 0.15) is 0 Å². The van der Waals surface area contributed by atoms with Gasteiger partial charge in [-0.1, -0.05) is 218 Å². The predicted molar refractivity (Wildman–Crippen MR) is 298 cm³/mol. The van der Waals surface area contributed by atoms with E-state index < -0.39 is 0 Å². The monoisotopic (exact) mass is 889 g/mol. The lowest BCUT2D eigenvalue weighted by Crippen LogP contribution is -2.12. The van der Waals surface area contributed by atoms with Crippen molar-refractivity contribution in [2.45, 2.75) is 0 Å². The number of hydrogen-bond donors (Lipinski definition) is 0. The zero-order valence-electron chi connectivity index (χ0n) is 38.2. The summed E-state index contributed by atoms with van der Waals surface area (Å²) in [5.74, 6) is 0. The second kappa shape index (κ2) is 16.2. The second-order valence-corrected chi connectivity index (χ2v) is 18.3. The highest BCUT2D eigenvalue weighted by Crippen LogP contribution is 2.49. The number of benzene rings is 13. The van der Waals surface area contributed by atoms with Crippen molar-refractivity contribution < 1.29 is 4.42 Å². The molecular formula is C68H43NO. The Hall–Kier alpha value is -9.24. The first kappa shape index (κ1) is 39.9. The minimum absolute atomic E-state index is 0.873. The van der Waals surface area contributed by atoms with E-state index >= 15 is 0 Å². The number of para-hydroxylation sites is 1. The number of fused-ring (bicyclic) bond motifs is 11. The summed E-state index contributed by atoms with van der Waals surface area (Å²) in [6, 6.07) is 95.2. The van der Waals surface area contributed by atoms with Crippen molar-refractivity contribution in [1.29, 1.82) is 0 Å². The number of nitrogens with zero attached hydrogens (tertiary/aromatic N) is 1. The molecule has 0 amide bonds.